The summed E-state index contributed by atoms with van der Waals surface area (Å²) in [6, 6.07) is 1.36. The summed E-state index contributed by atoms with van der Waals surface area (Å²) in [6.45, 7) is 4.63. The van der Waals surface area contributed by atoms with E-state index in [0.29, 0.717) is 5.74 Å². The molecule has 0 aliphatic carbocycles. The van der Waals surface area contributed by atoms with Gasteiger partial charge in [0.25, 0.3) is 0 Å². The summed E-state index contributed by atoms with van der Waals surface area (Å²) in [5, 5.41) is 0. The maximum absolute atomic E-state index is 5.45. The van der Waals surface area contributed by atoms with E-state index in [1.807, 2.05) is 7.11 Å². The molecule has 0 rings (SSSR count). The van der Waals surface area contributed by atoms with Crippen molar-refractivity contribution in [2.24, 2.45) is 0 Å². The fraction of sp³-hybridized carbons (Fsp3) is 1.00. The third-order valence-electron chi connectivity index (χ3n) is 3.33. The average Bonchev–Trinajstić information content (AvgIpc) is 2.08. The summed E-state index contributed by atoms with van der Waals surface area (Å²) in [5.41, 5.74) is 0. The van der Waals surface area contributed by atoms with Gasteiger partial charge in [0, 0.05) is 0 Å². The van der Waals surface area contributed by atoms with Gasteiger partial charge >= 0.3 is 72.8 Å². The van der Waals surface area contributed by atoms with Gasteiger partial charge in [-0.15, -0.1) is 0 Å². The Morgan fingerprint density at radius 3 is 1.91 bits per heavy atom. The van der Waals surface area contributed by atoms with Gasteiger partial charge in [-0.05, 0) is 0 Å². The molecule has 0 N–H and O–H groups in total. The van der Waals surface area contributed by atoms with Crippen LogP contribution in [0.25, 0.3) is 0 Å². The molecule has 0 saturated heterocycles. The third-order valence-corrected chi connectivity index (χ3v) is 9.51. The number of hydrogen-bond donors (Lipinski definition) is 0. The maximum atomic E-state index is 5.45. The quantitative estimate of drug-likeness (QED) is 0.418. The van der Waals surface area contributed by atoms with Gasteiger partial charge in [0.1, 0.15) is 0 Å². The summed E-state index contributed by atoms with van der Waals surface area (Å²) in [7, 11) is 5.35. The molecule has 0 aromatic heterocycles. The van der Waals surface area contributed by atoms with Crippen molar-refractivity contribution in [1.29, 1.82) is 0 Å². The van der Waals surface area contributed by atoms with Gasteiger partial charge in [0.2, 0.25) is 0 Å². The van der Waals surface area contributed by atoms with Gasteiger partial charge in [-0.25, -0.2) is 0 Å². The molecule has 11 heavy (non-hydrogen) atoms. The third kappa shape index (κ3) is 2.49. The van der Waals surface area contributed by atoms with Crippen LogP contribution in [-0.4, -0.2) is 46.9 Å². The van der Waals surface area contributed by atoms with Crippen LogP contribution in [0.15, 0.2) is 0 Å². The van der Waals surface area contributed by atoms with Crippen LogP contribution < -0.4 is 0 Å². The van der Waals surface area contributed by atoms with E-state index in [1.54, 1.807) is 0 Å². The number of methoxy groups -OCH3 is 1. The van der Waals surface area contributed by atoms with E-state index in [4.69, 9.17) is 4.74 Å². The zero-order valence-electron chi connectivity index (χ0n) is 8.61. The van der Waals surface area contributed by atoms with Crippen molar-refractivity contribution >= 4 is 23.0 Å². The topological polar surface area (TPSA) is 9.23 Å². The van der Waals surface area contributed by atoms with Crippen molar-refractivity contribution in [1.82, 2.24) is 0 Å². The molecule has 0 aliphatic rings. The number of rotatable bonds is 5. The molecule has 0 aromatic rings. The second-order valence-corrected chi connectivity index (χ2v) is 8.96. The van der Waals surface area contributed by atoms with Gasteiger partial charge in [0.05, 0.1) is 0 Å². The Hall–Kier alpha value is 0.520. The molecule has 1 nitrogen and oxygen atoms in total. The molecular formula is C7H21B2OP. The fourth-order valence-corrected chi connectivity index (χ4v) is 5.59. The molecule has 1 atom stereocenters. The summed E-state index contributed by atoms with van der Waals surface area (Å²) in [5.74, 6) is 0.530. The van der Waals surface area contributed by atoms with Gasteiger partial charge in [-0.1, -0.05) is 0 Å². The summed E-state index contributed by atoms with van der Waals surface area (Å²) >= 11 is 0. The van der Waals surface area contributed by atoms with Crippen molar-refractivity contribution in [2.75, 3.05) is 25.5 Å². The first-order valence-electron chi connectivity index (χ1n) is 4.69. The van der Waals surface area contributed by atoms with Crippen molar-refractivity contribution in [2.45, 2.75) is 19.6 Å². The van der Waals surface area contributed by atoms with E-state index in [0.717, 1.165) is 0 Å². The molecule has 0 saturated carbocycles. The monoisotopic (exact) mass is 174 g/mol. The van der Waals surface area contributed by atoms with Crippen molar-refractivity contribution in [3.8, 4) is 0 Å². The van der Waals surface area contributed by atoms with Gasteiger partial charge in [-0.3, -0.25) is 0 Å². The molecule has 0 radical (unpaired) electrons. The molecule has 1 unspecified atom stereocenters. The summed E-state index contributed by atoms with van der Waals surface area (Å²) < 4.78 is 5.45. The van der Waals surface area contributed by atoms with E-state index in [1.165, 1.54) is 18.4 Å². The molecule has 4 heteroatoms. The predicted octanol–water partition coefficient (Wildman–Crippen LogP) is -0.0702. The minimum atomic E-state index is -1.04. The number of ether oxygens (including phenoxy) is 1. The standard InChI is InChI=1S/C7H21B2OP/c1-4-11(5-2,6-8)7(9)10-3/h7,11H,4-6,8-9H2,1-3H3. The second kappa shape index (κ2) is 5.22. The van der Waals surface area contributed by atoms with Crippen LogP contribution in [0.4, 0.5) is 0 Å². The Morgan fingerprint density at radius 2 is 1.82 bits per heavy atom. The molecule has 0 spiro atoms. The zero-order chi connectivity index (χ0) is 8.91. The van der Waals surface area contributed by atoms with E-state index in [9.17, 15) is 0 Å². The van der Waals surface area contributed by atoms with Crippen LogP contribution in [0.5, 0.6) is 0 Å². The summed E-state index contributed by atoms with van der Waals surface area (Å²) in [6.07, 6.45) is 2.71. The Morgan fingerprint density at radius 1 is 1.36 bits per heavy atom. The van der Waals surface area contributed by atoms with Crippen molar-refractivity contribution < 1.29 is 4.74 Å². The van der Waals surface area contributed by atoms with Crippen LogP contribution >= 0.6 is 7.26 Å². The van der Waals surface area contributed by atoms with Crippen LogP contribution in [-0.2, 0) is 4.74 Å². The van der Waals surface area contributed by atoms with Crippen LogP contribution in [0, 0.1) is 0 Å². The van der Waals surface area contributed by atoms with E-state index < -0.39 is 7.26 Å². The average molecular weight is 174 g/mol. The molecule has 0 amide bonds. The van der Waals surface area contributed by atoms with Crippen molar-refractivity contribution in [3.63, 3.8) is 0 Å². The van der Waals surface area contributed by atoms with E-state index in [2.05, 4.69) is 29.5 Å². The predicted molar refractivity (Wildman–Crippen MR) is 62.1 cm³/mol. The number of hydrogen-bond acceptors (Lipinski definition) is 1. The molecule has 0 fully saturated rings. The molecule has 66 valence electrons. The van der Waals surface area contributed by atoms with Crippen molar-refractivity contribution in [3.05, 3.63) is 0 Å². The summed E-state index contributed by atoms with van der Waals surface area (Å²) in [4.78, 5) is 0. The van der Waals surface area contributed by atoms with E-state index >= 15 is 0 Å². The minimum absolute atomic E-state index is 0.530. The second-order valence-electron chi connectivity index (χ2n) is 3.30. The van der Waals surface area contributed by atoms with Gasteiger partial charge < -0.3 is 0 Å². The molecule has 0 bridgehead atoms. The Kier molecular flexibility index (Phi) is 5.46. The Bertz CT molecular complexity index is 98.3. The SMILES string of the molecule is BC[PH](CC)(CC)C(B)OC. The Balaban J connectivity index is 4.26. The first kappa shape index (κ1) is 11.5. The Labute approximate surface area is 73.4 Å². The molecule has 0 heterocycles. The van der Waals surface area contributed by atoms with Crippen LogP contribution in [0.3, 0.4) is 0 Å². The fourth-order valence-electron chi connectivity index (χ4n) is 1.86. The first-order valence-corrected chi connectivity index (χ1v) is 7.39. The van der Waals surface area contributed by atoms with Crippen LogP contribution in [0.2, 0.25) is 0 Å². The van der Waals surface area contributed by atoms with Gasteiger partial charge in [-0.2, -0.15) is 0 Å². The molecular weight excluding hydrogens is 153 g/mol. The van der Waals surface area contributed by atoms with Gasteiger partial charge in [0.15, 0.2) is 0 Å². The molecule has 0 aromatic carbocycles. The zero-order valence-corrected chi connectivity index (χ0v) is 9.61. The van der Waals surface area contributed by atoms with Crippen LogP contribution in [0.1, 0.15) is 13.8 Å². The normalized spacial score (nSPS) is 16.3. The molecule has 0 aliphatic heterocycles. The van der Waals surface area contributed by atoms with E-state index in [-0.39, 0.29) is 0 Å². The first-order chi connectivity index (χ1) is 5.16.